The Labute approximate surface area is 66.0 Å². The quantitative estimate of drug-likeness (QED) is 0.468. The monoisotopic (exact) mass is 158 g/mol. The number of hydrogen-bond acceptors (Lipinski definition) is 4. The number of carbonyl (C=O) groups is 1. The highest BCUT2D eigenvalue weighted by Crippen LogP contribution is 1.92. The van der Waals surface area contributed by atoms with Crippen molar-refractivity contribution in [1.82, 2.24) is 10.6 Å². The van der Waals surface area contributed by atoms with Crippen molar-refractivity contribution in [3.63, 3.8) is 0 Å². The van der Waals surface area contributed by atoms with Gasteiger partial charge in [-0.2, -0.15) is 0 Å². The zero-order valence-corrected chi connectivity index (χ0v) is 6.47. The van der Waals surface area contributed by atoms with E-state index in [9.17, 15) is 4.79 Å². The maximum atomic E-state index is 11.1. The Bertz CT molecular complexity index is 132. The molecular formula is C7H14N2O2. The number of carbonyl (C=O) groups excluding carboxylic acids is 1. The topological polar surface area (TPSA) is 61.4 Å². The fourth-order valence-electron chi connectivity index (χ4n) is 1.17. The van der Waals surface area contributed by atoms with Crippen LogP contribution in [0.25, 0.3) is 0 Å². The van der Waals surface area contributed by atoms with Crippen LogP contribution >= 0.6 is 0 Å². The van der Waals surface area contributed by atoms with Gasteiger partial charge in [-0.25, -0.2) is 0 Å². The van der Waals surface area contributed by atoms with E-state index in [0.29, 0.717) is 6.54 Å². The van der Waals surface area contributed by atoms with Crippen LogP contribution in [0, 0.1) is 0 Å². The molecule has 1 rings (SSSR count). The van der Waals surface area contributed by atoms with E-state index in [1.807, 2.05) is 0 Å². The van der Waals surface area contributed by atoms with E-state index in [1.165, 1.54) is 0 Å². The molecule has 64 valence electrons. The van der Waals surface area contributed by atoms with Crippen molar-refractivity contribution in [3.8, 4) is 0 Å². The van der Waals surface area contributed by atoms with Gasteiger partial charge in [0.25, 0.3) is 0 Å². The van der Waals surface area contributed by atoms with Gasteiger partial charge in [0, 0.05) is 26.1 Å². The number of aliphatic hydroxyl groups is 1. The molecule has 1 atom stereocenters. The zero-order chi connectivity index (χ0) is 8.10. The summed E-state index contributed by atoms with van der Waals surface area (Å²) in [4.78, 5) is 11.1. The van der Waals surface area contributed by atoms with E-state index < -0.39 is 0 Å². The highest BCUT2D eigenvalue weighted by molar-refractivity contribution is 5.84. The summed E-state index contributed by atoms with van der Waals surface area (Å²) in [6, 6.07) is -0.0871. The van der Waals surface area contributed by atoms with Gasteiger partial charge in [0.05, 0.1) is 12.6 Å². The van der Waals surface area contributed by atoms with Crippen LogP contribution in [-0.4, -0.2) is 43.2 Å². The van der Waals surface area contributed by atoms with Crippen LogP contribution in [-0.2, 0) is 4.79 Å². The van der Waals surface area contributed by atoms with Gasteiger partial charge in [-0.05, 0) is 0 Å². The summed E-state index contributed by atoms with van der Waals surface area (Å²) in [5, 5.41) is 14.7. The minimum atomic E-state index is -0.0871. The number of hydrogen-bond donors (Lipinski definition) is 3. The van der Waals surface area contributed by atoms with Crippen LogP contribution in [0.5, 0.6) is 0 Å². The number of Topliss-reactive ketones (excluding diaryl/α,β-unsaturated/α-hetero) is 1. The smallest absolute Gasteiger partial charge is 0.153 e. The molecule has 3 N–H and O–H groups in total. The van der Waals surface area contributed by atoms with Gasteiger partial charge in [0.2, 0.25) is 0 Å². The van der Waals surface area contributed by atoms with Crippen LogP contribution in [0.15, 0.2) is 0 Å². The van der Waals surface area contributed by atoms with Crippen molar-refractivity contribution < 1.29 is 9.90 Å². The summed E-state index contributed by atoms with van der Waals surface area (Å²) < 4.78 is 0. The van der Waals surface area contributed by atoms with Gasteiger partial charge >= 0.3 is 0 Å². The van der Waals surface area contributed by atoms with Crippen molar-refractivity contribution in [3.05, 3.63) is 0 Å². The molecule has 0 aromatic rings. The average Bonchev–Trinajstić information content (AvgIpc) is 2.07. The molecular weight excluding hydrogens is 144 g/mol. The fourth-order valence-corrected chi connectivity index (χ4v) is 1.17. The largest absolute Gasteiger partial charge is 0.396 e. The Morgan fingerprint density at radius 2 is 2.36 bits per heavy atom. The highest BCUT2D eigenvalue weighted by atomic mass is 16.3. The molecule has 1 aliphatic rings. The van der Waals surface area contributed by atoms with Crippen LogP contribution in [0.4, 0.5) is 0 Å². The van der Waals surface area contributed by atoms with Crippen LogP contribution in [0.1, 0.15) is 6.42 Å². The Morgan fingerprint density at radius 1 is 1.55 bits per heavy atom. The van der Waals surface area contributed by atoms with E-state index in [2.05, 4.69) is 10.6 Å². The van der Waals surface area contributed by atoms with Crippen molar-refractivity contribution >= 4 is 5.78 Å². The van der Waals surface area contributed by atoms with Gasteiger partial charge in [0.15, 0.2) is 5.78 Å². The molecule has 0 saturated carbocycles. The number of aliphatic hydroxyl groups excluding tert-OH is 1. The van der Waals surface area contributed by atoms with Crippen molar-refractivity contribution in [2.75, 3.05) is 26.2 Å². The second-order valence-corrected chi connectivity index (χ2v) is 2.65. The second kappa shape index (κ2) is 4.43. The summed E-state index contributed by atoms with van der Waals surface area (Å²) in [5.74, 6) is 0.0969. The number of rotatable bonds is 3. The van der Waals surface area contributed by atoms with Crippen LogP contribution in [0.3, 0.4) is 0 Å². The highest BCUT2D eigenvalue weighted by Gasteiger charge is 2.18. The molecule has 1 fully saturated rings. The van der Waals surface area contributed by atoms with Crippen molar-refractivity contribution in [2.24, 2.45) is 0 Å². The van der Waals surface area contributed by atoms with Gasteiger partial charge < -0.3 is 15.7 Å². The van der Waals surface area contributed by atoms with E-state index in [-0.39, 0.29) is 24.9 Å². The summed E-state index contributed by atoms with van der Waals surface area (Å²) in [6.07, 6.45) is 0.263. The minimum absolute atomic E-state index is 0.0446. The van der Waals surface area contributed by atoms with Gasteiger partial charge in [-0.15, -0.1) is 0 Å². The predicted molar refractivity (Wildman–Crippen MR) is 41.4 cm³/mol. The maximum absolute atomic E-state index is 11.1. The molecule has 0 amide bonds. The first kappa shape index (κ1) is 8.64. The summed E-state index contributed by atoms with van der Waals surface area (Å²) >= 11 is 0. The Balaban J connectivity index is 2.27. The van der Waals surface area contributed by atoms with Crippen molar-refractivity contribution in [1.29, 1.82) is 0 Å². The summed E-state index contributed by atoms with van der Waals surface area (Å²) in [6.45, 7) is 2.40. The lowest BCUT2D eigenvalue weighted by Gasteiger charge is -2.22. The van der Waals surface area contributed by atoms with Crippen molar-refractivity contribution in [2.45, 2.75) is 12.5 Å². The average molecular weight is 158 g/mol. The normalized spacial score (nSPS) is 25.0. The Morgan fingerprint density at radius 3 is 2.91 bits per heavy atom. The third kappa shape index (κ3) is 2.57. The minimum Gasteiger partial charge on any atom is -0.396 e. The second-order valence-electron chi connectivity index (χ2n) is 2.65. The molecule has 4 nitrogen and oxygen atoms in total. The zero-order valence-electron chi connectivity index (χ0n) is 6.47. The van der Waals surface area contributed by atoms with E-state index in [4.69, 9.17) is 5.11 Å². The molecule has 1 unspecified atom stereocenters. The first-order valence-corrected chi connectivity index (χ1v) is 3.92. The lowest BCUT2D eigenvalue weighted by atomic mass is 10.1. The maximum Gasteiger partial charge on any atom is 0.153 e. The van der Waals surface area contributed by atoms with E-state index >= 15 is 0 Å². The molecule has 1 heterocycles. The molecule has 0 spiro atoms. The summed E-state index contributed by atoms with van der Waals surface area (Å²) in [5.41, 5.74) is 0. The van der Waals surface area contributed by atoms with Crippen LogP contribution in [0.2, 0.25) is 0 Å². The molecule has 0 aromatic carbocycles. The number of nitrogens with one attached hydrogen (secondary N) is 2. The first-order valence-electron chi connectivity index (χ1n) is 3.92. The third-order valence-corrected chi connectivity index (χ3v) is 1.79. The molecule has 0 radical (unpaired) electrons. The Kier molecular flexibility index (Phi) is 3.48. The summed E-state index contributed by atoms with van der Waals surface area (Å²) in [7, 11) is 0. The third-order valence-electron chi connectivity index (χ3n) is 1.79. The molecule has 0 aliphatic carbocycles. The lowest BCUT2D eigenvalue weighted by Crippen LogP contribution is -2.52. The molecule has 4 heteroatoms. The van der Waals surface area contributed by atoms with Gasteiger partial charge in [0.1, 0.15) is 0 Å². The molecule has 1 saturated heterocycles. The Hall–Kier alpha value is -0.450. The fraction of sp³-hybridized carbons (Fsp3) is 0.857. The molecule has 11 heavy (non-hydrogen) atoms. The SMILES string of the molecule is O=C(CCO)C1CNCCN1. The van der Waals surface area contributed by atoms with Gasteiger partial charge in [-0.3, -0.25) is 4.79 Å². The standard InChI is InChI=1S/C7H14N2O2/c10-4-1-7(11)6-5-8-2-3-9-6/h6,8-10H,1-5H2. The molecule has 0 bridgehead atoms. The molecule has 0 aromatic heterocycles. The molecule has 1 aliphatic heterocycles. The lowest BCUT2D eigenvalue weighted by molar-refractivity contribution is -0.121. The van der Waals surface area contributed by atoms with Gasteiger partial charge in [-0.1, -0.05) is 0 Å². The number of ketones is 1. The van der Waals surface area contributed by atoms with E-state index in [0.717, 1.165) is 13.1 Å². The van der Waals surface area contributed by atoms with E-state index in [1.54, 1.807) is 0 Å². The van der Waals surface area contributed by atoms with Crippen LogP contribution < -0.4 is 10.6 Å². The first-order chi connectivity index (χ1) is 5.34. The predicted octanol–water partition coefficient (Wildman–Crippen LogP) is -1.50. The number of piperazine rings is 1.